The highest BCUT2D eigenvalue weighted by Gasteiger charge is 2.35. The Balaban J connectivity index is 2.21. The highest BCUT2D eigenvalue weighted by molar-refractivity contribution is 7.89. The second-order valence-corrected chi connectivity index (χ2v) is 7.96. The van der Waals surface area contributed by atoms with Crippen molar-refractivity contribution in [2.45, 2.75) is 43.5 Å². The fourth-order valence-corrected chi connectivity index (χ4v) is 5.06. The van der Waals surface area contributed by atoms with Crippen molar-refractivity contribution < 1.29 is 27.9 Å². The number of benzene rings is 1. The molecule has 1 aliphatic carbocycles. The van der Waals surface area contributed by atoms with Crippen molar-refractivity contribution >= 4 is 22.0 Å². The van der Waals surface area contributed by atoms with Gasteiger partial charge in [-0.1, -0.05) is 13.0 Å². The molecule has 7 nitrogen and oxygen atoms in total. The van der Waals surface area contributed by atoms with Crippen molar-refractivity contribution in [2.75, 3.05) is 13.7 Å². The van der Waals surface area contributed by atoms with Gasteiger partial charge in [-0.15, -0.1) is 0 Å². The summed E-state index contributed by atoms with van der Waals surface area (Å²) in [5.41, 5.74) is -0.0634. The standard InChI is InChI=1S/C17H23NO6S/c1-3-18(14-9-7-12(8-10-14)17(21)24-2)25(22,23)15-6-4-5-13(11-15)16(19)20/h4-6,11-12,14H,3,7-10H2,1-2H3,(H,19,20)/t12-,14+. The number of carbonyl (C=O) groups excluding carboxylic acids is 1. The first-order valence-electron chi connectivity index (χ1n) is 8.24. The summed E-state index contributed by atoms with van der Waals surface area (Å²) in [4.78, 5) is 22.7. The normalized spacial score (nSPS) is 21.1. The zero-order valence-electron chi connectivity index (χ0n) is 14.3. The van der Waals surface area contributed by atoms with Gasteiger partial charge in [0.25, 0.3) is 0 Å². The Morgan fingerprint density at radius 3 is 2.40 bits per heavy atom. The second-order valence-electron chi connectivity index (χ2n) is 6.07. The quantitative estimate of drug-likeness (QED) is 0.771. The lowest BCUT2D eigenvalue weighted by molar-refractivity contribution is -0.146. The molecule has 1 fully saturated rings. The Morgan fingerprint density at radius 1 is 1.24 bits per heavy atom. The largest absolute Gasteiger partial charge is 0.478 e. The Hall–Kier alpha value is -1.93. The van der Waals surface area contributed by atoms with E-state index in [1.807, 2.05) is 0 Å². The molecule has 0 heterocycles. The SMILES string of the molecule is CCN([C@H]1CC[C@@H](C(=O)OC)CC1)S(=O)(=O)c1cccc(C(=O)O)c1. The molecule has 138 valence electrons. The smallest absolute Gasteiger partial charge is 0.335 e. The molecule has 25 heavy (non-hydrogen) atoms. The van der Waals surface area contributed by atoms with Crippen molar-refractivity contribution in [3.63, 3.8) is 0 Å². The molecule has 1 saturated carbocycles. The van der Waals surface area contributed by atoms with E-state index in [0.717, 1.165) is 0 Å². The first-order chi connectivity index (χ1) is 11.8. The fraction of sp³-hybridized carbons (Fsp3) is 0.529. The number of carboxylic acid groups (broad SMARTS) is 1. The lowest BCUT2D eigenvalue weighted by atomic mass is 9.86. The van der Waals surface area contributed by atoms with Crippen LogP contribution in [0.2, 0.25) is 0 Å². The van der Waals surface area contributed by atoms with E-state index in [0.29, 0.717) is 25.7 Å². The first kappa shape index (κ1) is 19.4. The summed E-state index contributed by atoms with van der Waals surface area (Å²) in [5, 5.41) is 9.07. The van der Waals surface area contributed by atoms with Crippen molar-refractivity contribution in [1.82, 2.24) is 4.31 Å². The van der Waals surface area contributed by atoms with Crippen LogP contribution in [0.4, 0.5) is 0 Å². The van der Waals surface area contributed by atoms with E-state index in [2.05, 4.69) is 0 Å². The molecule has 0 aliphatic heterocycles. The third-order valence-electron chi connectivity index (χ3n) is 4.64. The molecule has 8 heteroatoms. The molecule has 0 aromatic heterocycles. The maximum Gasteiger partial charge on any atom is 0.335 e. The van der Waals surface area contributed by atoms with Gasteiger partial charge in [0.15, 0.2) is 0 Å². The van der Waals surface area contributed by atoms with Crippen LogP contribution in [0.3, 0.4) is 0 Å². The Morgan fingerprint density at radius 2 is 1.88 bits per heavy atom. The molecule has 0 amide bonds. The number of esters is 1. The van der Waals surface area contributed by atoms with Crippen LogP contribution in [0.15, 0.2) is 29.2 Å². The summed E-state index contributed by atoms with van der Waals surface area (Å²) in [6.07, 6.45) is 2.31. The highest BCUT2D eigenvalue weighted by Crippen LogP contribution is 2.31. The summed E-state index contributed by atoms with van der Waals surface area (Å²) in [5.74, 6) is -1.60. The number of ether oxygens (including phenoxy) is 1. The molecular formula is C17H23NO6S. The Bertz CT molecular complexity index is 737. The van der Waals surface area contributed by atoms with Gasteiger partial charge in [-0.25, -0.2) is 13.2 Å². The summed E-state index contributed by atoms with van der Waals surface area (Å²) in [7, 11) is -2.44. The van der Waals surface area contributed by atoms with Crippen LogP contribution in [-0.2, 0) is 19.6 Å². The lowest BCUT2D eigenvalue weighted by Crippen LogP contribution is -2.43. The van der Waals surface area contributed by atoms with E-state index in [4.69, 9.17) is 9.84 Å². The number of nitrogens with zero attached hydrogens (tertiary/aromatic N) is 1. The van der Waals surface area contributed by atoms with Crippen LogP contribution in [-0.4, -0.2) is 49.5 Å². The van der Waals surface area contributed by atoms with Crippen molar-refractivity contribution in [1.29, 1.82) is 0 Å². The summed E-state index contributed by atoms with van der Waals surface area (Å²) in [6, 6.07) is 5.17. The Kier molecular flexibility index (Phi) is 6.18. The summed E-state index contributed by atoms with van der Waals surface area (Å²) in [6.45, 7) is 2.04. The summed E-state index contributed by atoms with van der Waals surface area (Å²) < 4.78 is 32.1. The predicted molar refractivity (Wildman–Crippen MR) is 90.7 cm³/mol. The maximum atomic E-state index is 13.0. The molecule has 0 bridgehead atoms. The molecule has 0 atom stereocenters. The van der Waals surface area contributed by atoms with Crippen LogP contribution >= 0.6 is 0 Å². The number of sulfonamides is 1. The predicted octanol–water partition coefficient (Wildman–Crippen LogP) is 2.13. The van der Waals surface area contributed by atoms with Crippen molar-refractivity contribution in [3.8, 4) is 0 Å². The average Bonchev–Trinajstić information content (AvgIpc) is 2.62. The molecule has 1 aromatic rings. The van der Waals surface area contributed by atoms with Crippen LogP contribution in [0.5, 0.6) is 0 Å². The fourth-order valence-electron chi connectivity index (χ4n) is 3.32. The van der Waals surface area contributed by atoms with Gasteiger partial charge in [0.2, 0.25) is 10.0 Å². The van der Waals surface area contributed by atoms with E-state index >= 15 is 0 Å². The monoisotopic (exact) mass is 369 g/mol. The third-order valence-corrected chi connectivity index (χ3v) is 6.66. The molecule has 0 unspecified atom stereocenters. The van der Waals surface area contributed by atoms with Gasteiger partial charge in [0.1, 0.15) is 0 Å². The zero-order valence-corrected chi connectivity index (χ0v) is 15.2. The molecular weight excluding hydrogens is 346 g/mol. The topological polar surface area (TPSA) is 101 Å². The Labute approximate surface area is 147 Å². The van der Waals surface area contributed by atoms with Gasteiger partial charge in [-0.2, -0.15) is 4.31 Å². The molecule has 1 N–H and O–H groups in total. The molecule has 1 aromatic carbocycles. The number of hydrogen-bond acceptors (Lipinski definition) is 5. The van der Waals surface area contributed by atoms with Crippen LogP contribution in [0.1, 0.15) is 43.0 Å². The number of carboxylic acids is 1. The van der Waals surface area contributed by atoms with E-state index in [9.17, 15) is 18.0 Å². The minimum atomic E-state index is -3.80. The number of aromatic carboxylic acids is 1. The van der Waals surface area contributed by atoms with Gasteiger partial charge >= 0.3 is 11.9 Å². The van der Waals surface area contributed by atoms with Gasteiger partial charge in [0.05, 0.1) is 23.5 Å². The summed E-state index contributed by atoms with van der Waals surface area (Å²) >= 11 is 0. The van der Waals surface area contributed by atoms with E-state index in [1.54, 1.807) is 6.92 Å². The number of carbonyl (C=O) groups is 2. The number of methoxy groups -OCH3 is 1. The zero-order chi connectivity index (χ0) is 18.6. The average molecular weight is 369 g/mol. The van der Waals surface area contributed by atoms with Crippen LogP contribution in [0, 0.1) is 5.92 Å². The van der Waals surface area contributed by atoms with Crippen molar-refractivity contribution in [3.05, 3.63) is 29.8 Å². The number of hydrogen-bond donors (Lipinski definition) is 1. The third kappa shape index (κ3) is 4.19. The van der Waals surface area contributed by atoms with E-state index < -0.39 is 16.0 Å². The minimum Gasteiger partial charge on any atom is -0.478 e. The van der Waals surface area contributed by atoms with E-state index in [1.165, 1.54) is 35.7 Å². The van der Waals surface area contributed by atoms with E-state index in [-0.39, 0.29) is 34.9 Å². The minimum absolute atomic E-state index is 0.0238. The molecule has 0 saturated heterocycles. The van der Waals surface area contributed by atoms with Gasteiger partial charge in [0, 0.05) is 12.6 Å². The maximum absolute atomic E-state index is 13.0. The van der Waals surface area contributed by atoms with Crippen molar-refractivity contribution in [2.24, 2.45) is 5.92 Å². The van der Waals surface area contributed by atoms with Gasteiger partial charge in [-0.3, -0.25) is 4.79 Å². The highest BCUT2D eigenvalue weighted by atomic mass is 32.2. The molecule has 1 aliphatic rings. The molecule has 2 rings (SSSR count). The molecule has 0 spiro atoms. The lowest BCUT2D eigenvalue weighted by Gasteiger charge is -2.34. The van der Waals surface area contributed by atoms with Crippen LogP contribution < -0.4 is 0 Å². The van der Waals surface area contributed by atoms with Gasteiger partial charge < -0.3 is 9.84 Å². The number of rotatable bonds is 6. The van der Waals surface area contributed by atoms with Gasteiger partial charge in [-0.05, 0) is 43.9 Å². The molecule has 0 radical (unpaired) electrons. The van der Waals surface area contributed by atoms with Crippen LogP contribution in [0.25, 0.3) is 0 Å². The second kappa shape index (κ2) is 7.97. The first-order valence-corrected chi connectivity index (χ1v) is 9.68.